The zero-order valence-corrected chi connectivity index (χ0v) is 21.7. The van der Waals surface area contributed by atoms with Crippen LogP contribution in [-0.2, 0) is 4.79 Å². The summed E-state index contributed by atoms with van der Waals surface area (Å²) in [5.74, 6) is -0.804. The molecule has 0 aromatic heterocycles. The van der Waals surface area contributed by atoms with Crippen molar-refractivity contribution in [3.63, 3.8) is 0 Å². The van der Waals surface area contributed by atoms with Gasteiger partial charge in [0, 0.05) is 19.3 Å². The van der Waals surface area contributed by atoms with Gasteiger partial charge in [-0.3, -0.25) is 4.79 Å². The lowest BCUT2D eigenvalue weighted by molar-refractivity contribution is -0.137. The topological polar surface area (TPSA) is 159 Å². The Hall–Kier alpha value is -1.03. The van der Waals surface area contributed by atoms with Crippen molar-refractivity contribution in [1.29, 1.82) is 0 Å². The molecule has 6 atom stereocenters. The molecule has 0 bridgehead atoms. The number of aliphatic carboxylic acids is 1. The molecule has 0 aliphatic rings. The standard InChI is InChI=1S/C27H52O8/c1-2-3-4-5-6-7-8-10-13-16-21(28)23(30)19-25(32)26(33)20-24(31)22(29)17-14-11-9-12-15-18-27(34)35/h10,13,21-26,28-33H,2-9,11-12,14-20H2,1H3,(H,34,35)/b13-10+. The fourth-order valence-corrected chi connectivity index (χ4v) is 4.03. The molecular formula is C27H52O8. The SMILES string of the molecule is CCCCCCCC/C=C/CC(O)C(O)CC(O)C(O)CC(O)C(O)CCCCCCCC(=O)O. The second-order valence-corrected chi connectivity index (χ2v) is 9.84. The number of hydrogen-bond acceptors (Lipinski definition) is 7. The molecule has 0 fully saturated rings. The maximum absolute atomic E-state index is 10.5. The lowest BCUT2D eigenvalue weighted by atomic mass is 9.95. The molecule has 8 heteroatoms. The minimum atomic E-state index is -1.33. The summed E-state index contributed by atoms with van der Waals surface area (Å²) in [6.45, 7) is 2.19. The molecule has 7 N–H and O–H groups in total. The second-order valence-electron chi connectivity index (χ2n) is 9.84. The normalized spacial score (nSPS) is 17.2. The highest BCUT2D eigenvalue weighted by Crippen LogP contribution is 2.17. The number of aliphatic hydroxyl groups is 6. The second kappa shape index (κ2) is 22.2. The number of carbonyl (C=O) groups is 1. The van der Waals surface area contributed by atoms with Crippen molar-refractivity contribution in [2.45, 2.75) is 153 Å². The first kappa shape index (κ1) is 34.0. The fourth-order valence-electron chi connectivity index (χ4n) is 4.03. The zero-order chi connectivity index (χ0) is 26.5. The molecule has 0 saturated heterocycles. The van der Waals surface area contributed by atoms with Gasteiger partial charge in [-0.2, -0.15) is 0 Å². The predicted molar refractivity (Wildman–Crippen MR) is 137 cm³/mol. The van der Waals surface area contributed by atoms with Crippen LogP contribution in [0.1, 0.15) is 116 Å². The highest BCUT2D eigenvalue weighted by Gasteiger charge is 2.27. The largest absolute Gasteiger partial charge is 0.481 e. The van der Waals surface area contributed by atoms with Crippen LogP contribution in [0.4, 0.5) is 0 Å². The lowest BCUT2D eigenvalue weighted by Gasteiger charge is -2.26. The number of hydrogen-bond donors (Lipinski definition) is 7. The Balaban J connectivity index is 4.02. The van der Waals surface area contributed by atoms with Gasteiger partial charge in [-0.15, -0.1) is 0 Å². The summed E-state index contributed by atoms with van der Waals surface area (Å²) in [6, 6.07) is 0. The van der Waals surface area contributed by atoms with Crippen LogP contribution >= 0.6 is 0 Å². The van der Waals surface area contributed by atoms with E-state index in [0.29, 0.717) is 19.3 Å². The number of carboxylic acid groups (broad SMARTS) is 1. The van der Waals surface area contributed by atoms with Gasteiger partial charge in [0.2, 0.25) is 0 Å². The number of carboxylic acids is 1. The Morgan fingerprint density at radius 1 is 0.600 bits per heavy atom. The Morgan fingerprint density at radius 2 is 1.09 bits per heavy atom. The molecule has 0 aromatic carbocycles. The number of aliphatic hydroxyl groups excluding tert-OH is 6. The first-order valence-corrected chi connectivity index (χ1v) is 13.6. The first-order valence-electron chi connectivity index (χ1n) is 13.6. The molecule has 8 nitrogen and oxygen atoms in total. The van der Waals surface area contributed by atoms with E-state index < -0.39 is 42.6 Å². The molecule has 0 saturated carbocycles. The molecule has 35 heavy (non-hydrogen) atoms. The van der Waals surface area contributed by atoms with Gasteiger partial charge in [0.25, 0.3) is 0 Å². The monoisotopic (exact) mass is 504 g/mol. The van der Waals surface area contributed by atoms with Crippen molar-refractivity contribution in [3.05, 3.63) is 12.2 Å². The summed E-state index contributed by atoms with van der Waals surface area (Å²) in [4.78, 5) is 10.5. The maximum Gasteiger partial charge on any atom is 0.303 e. The van der Waals surface area contributed by atoms with Crippen LogP contribution in [0.3, 0.4) is 0 Å². The van der Waals surface area contributed by atoms with Crippen molar-refractivity contribution in [2.24, 2.45) is 0 Å². The number of allylic oxidation sites excluding steroid dienone is 1. The lowest BCUT2D eigenvalue weighted by Crippen LogP contribution is -2.39. The molecule has 0 aromatic rings. The molecule has 0 aliphatic heterocycles. The van der Waals surface area contributed by atoms with E-state index >= 15 is 0 Å². The van der Waals surface area contributed by atoms with Crippen LogP contribution in [-0.4, -0.2) is 78.3 Å². The van der Waals surface area contributed by atoms with Gasteiger partial charge in [0.05, 0.1) is 36.6 Å². The summed E-state index contributed by atoms with van der Waals surface area (Å²) in [5.41, 5.74) is 0. The highest BCUT2D eigenvalue weighted by molar-refractivity contribution is 5.66. The average molecular weight is 505 g/mol. The minimum Gasteiger partial charge on any atom is -0.481 e. The van der Waals surface area contributed by atoms with Crippen molar-refractivity contribution < 1.29 is 40.5 Å². The van der Waals surface area contributed by atoms with Gasteiger partial charge >= 0.3 is 5.97 Å². The van der Waals surface area contributed by atoms with Crippen LogP contribution in [0, 0.1) is 0 Å². The maximum atomic E-state index is 10.5. The van der Waals surface area contributed by atoms with E-state index in [1.807, 2.05) is 12.2 Å². The minimum absolute atomic E-state index is 0.156. The summed E-state index contributed by atoms with van der Waals surface area (Å²) in [5, 5.41) is 69.4. The van der Waals surface area contributed by atoms with E-state index in [-0.39, 0.29) is 25.7 Å². The highest BCUT2D eigenvalue weighted by atomic mass is 16.4. The third-order valence-corrected chi connectivity index (χ3v) is 6.46. The van der Waals surface area contributed by atoms with Gasteiger partial charge in [-0.25, -0.2) is 0 Å². The van der Waals surface area contributed by atoms with Crippen LogP contribution in [0.2, 0.25) is 0 Å². The summed E-state index contributed by atoms with van der Waals surface area (Å²) in [6.07, 6.45) is 8.95. The van der Waals surface area contributed by atoms with Crippen LogP contribution in [0.5, 0.6) is 0 Å². The fraction of sp³-hybridized carbons (Fsp3) is 0.889. The smallest absolute Gasteiger partial charge is 0.303 e. The Morgan fingerprint density at radius 3 is 1.69 bits per heavy atom. The predicted octanol–water partition coefficient (Wildman–Crippen LogP) is 3.44. The molecule has 208 valence electrons. The van der Waals surface area contributed by atoms with Crippen LogP contribution in [0.25, 0.3) is 0 Å². The summed E-state index contributed by atoms with van der Waals surface area (Å²) >= 11 is 0. The van der Waals surface area contributed by atoms with Gasteiger partial charge in [0.1, 0.15) is 0 Å². The van der Waals surface area contributed by atoms with Crippen molar-refractivity contribution in [1.82, 2.24) is 0 Å². The molecule has 0 aliphatic carbocycles. The molecule has 0 rings (SSSR count). The Labute approximate surface area is 211 Å². The molecule has 0 amide bonds. The van der Waals surface area contributed by atoms with Crippen LogP contribution < -0.4 is 0 Å². The van der Waals surface area contributed by atoms with E-state index in [9.17, 15) is 35.4 Å². The van der Waals surface area contributed by atoms with E-state index in [1.165, 1.54) is 32.1 Å². The zero-order valence-electron chi connectivity index (χ0n) is 21.7. The molecular weight excluding hydrogens is 452 g/mol. The number of rotatable bonds is 24. The third-order valence-electron chi connectivity index (χ3n) is 6.46. The average Bonchev–Trinajstić information content (AvgIpc) is 2.81. The van der Waals surface area contributed by atoms with Gasteiger partial charge in [-0.05, 0) is 32.1 Å². The Bertz CT molecular complexity index is 527. The molecule has 0 radical (unpaired) electrons. The van der Waals surface area contributed by atoms with Crippen molar-refractivity contribution >= 4 is 5.97 Å². The molecule has 6 unspecified atom stereocenters. The summed E-state index contributed by atoms with van der Waals surface area (Å²) in [7, 11) is 0. The van der Waals surface area contributed by atoms with Gasteiger partial charge in [-0.1, -0.05) is 76.9 Å². The molecule has 0 heterocycles. The summed E-state index contributed by atoms with van der Waals surface area (Å²) < 4.78 is 0. The molecule has 0 spiro atoms. The van der Waals surface area contributed by atoms with Crippen LogP contribution in [0.15, 0.2) is 12.2 Å². The van der Waals surface area contributed by atoms with Gasteiger partial charge in [0.15, 0.2) is 0 Å². The van der Waals surface area contributed by atoms with E-state index in [1.54, 1.807) is 0 Å². The number of unbranched alkanes of at least 4 members (excludes halogenated alkanes) is 10. The van der Waals surface area contributed by atoms with Crippen molar-refractivity contribution in [3.8, 4) is 0 Å². The third kappa shape index (κ3) is 19.8. The quantitative estimate of drug-likeness (QED) is 0.0777. The van der Waals surface area contributed by atoms with Gasteiger partial charge < -0.3 is 35.7 Å². The van der Waals surface area contributed by atoms with E-state index in [4.69, 9.17) is 5.11 Å². The van der Waals surface area contributed by atoms with Crippen molar-refractivity contribution in [2.75, 3.05) is 0 Å². The van der Waals surface area contributed by atoms with E-state index in [2.05, 4.69) is 6.92 Å². The van der Waals surface area contributed by atoms with E-state index in [0.717, 1.165) is 32.1 Å². The first-order chi connectivity index (χ1) is 16.7. The Kier molecular flexibility index (Phi) is 21.5.